The highest BCUT2D eigenvalue weighted by atomic mass is 35.5. The Morgan fingerprint density at radius 1 is 1.14 bits per heavy atom. The number of nitrogens with zero attached hydrogens (tertiary/aromatic N) is 3. The van der Waals surface area contributed by atoms with Crippen LogP contribution in [0.2, 0.25) is 5.02 Å². The predicted octanol–water partition coefficient (Wildman–Crippen LogP) is 4.66. The monoisotopic (exact) mass is 329 g/mol. The first-order valence-corrected chi connectivity index (χ1v) is 8.12. The molecule has 0 radical (unpaired) electrons. The summed E-state index contributed by atoms with van der Waals surface area (Å²) in [6, 6.07) is 13.7. The summed E-state index contributed by atoms with van der Waals surface area (Å²) in [5.74, 6) is 1.70. The standard InChI is InChI=1S/C16H12ClN3OS/c1-2-21-12-7-8-13-14(9-12)22-16-19-18-15(20(13)16)10-3-5-11(17)6-4-10/h3-9H,2H2,1H3. The quantitative estimate of drug-likeness (QED) is 0.548. The second-order valence-corrected chi connectivity index (χ2v) is 6.26. The zero-order valence-corrected chi connectivity index (χ0v) is 13.4. The molecule has 6 heteroatoms. The van der Waals surface area contributed by atoms with Gasteiger partial charge in [-0.3, -0.25) is 4.40 Å². The molecule has 0 aliphatic heterocycles. The number of ether oxygens (including phenoxy) is 1. The fourth-order valence-corrected chi connectivity index (χ4v) is 3.57. The highest BCUT2D eigenvalue weighted by Crippen LogP contribution is 2.32. The molecule has 110 valence electrons. The molecule has 0 N–H and O–H groups in total. The molecule has 0 fully saturated rings. The van der Waals surface area contributed by atoms with Crippen molar-refractivity contribution >= 4 is 38.1 Å². The lowest BCUT2D eigenvalue weighted by Gasteiger charge is -2.03. The van der Waals surface area contributed by atoms with Crippen LogP contribution in [0.15, 0.2) is 42.5 Å². The molecule has 0 bridgehead atoms. The molecule has 0 aliphatic carbocycles. The van der Waals surface area contributed by atoms with Crippen molar-refractivity contribution in [3.8, 4) is 17.1 Å². The molecular formula is C16H12ClN3OS. The van der Waals surface area contributed by atoms with E-state index in [2.05, 4.69) is 14.6 Å². The SMILES string of the molecule is CCOc1ccc2c(c1)sc1nnc(-c3ccc(Cl)cc3)n12. The maximum absolute atomic E-state index is 5.96. The van der Waals surface area contributed by atoms with E-state index in [0.29, 0.717) is 11.6 Å². The molecule has 2 aromatic heterocycles. The fourth-order valence-electron chi connectivity index (χ4n) is 2.45. The molecule has 0 spiro atoms. The van der Waals surface area contributed by atoms with Crippen molar-refractivity contribution in [2.45, 2.75) is 6.92 Å². The molecule has 0 saturated carbocycles. The third kappa shape index (κ3) is 2.14. The van der Waals surface area contributed by atoms with Gasteiger partial charge >= 0.3 is 0 Å². The molecule has 2 aromatic carbocycles. The van der Waals surface area contributed by atoms with Crippen LogP contribution in [0.1, 0.15) is 6.92 Å². The second kappa shape index (κ2) is 5.26. The summed E-state index contributed by atoms with van der Waals surface area (Å²) in [4.78, 5) is 0.869. The zero-order chi connectivity index (χ0) is 15.1. The van der Waals surface area contributed by atoms with E-state index in [1.165, 1.54) is 0 Å². The van der Waals surface area contributed by atoms with Crippen LogP contribution in [0, 0.1) is 0 Å². The maximum atomic E-state index is 5.96. The Morgan fingerprint density at radius 3 is 2.73 bits per heavy atom. The summed E-state index contributed by atoms with van der Waals surface area (Å²) in [5, 5.41) is 9.31. The minimum atomic E-state index is 0.658. The first kappa shape index (κ1) is 13.5. The smallest absolute Gasteiger partial charge is 0.217 e. The molecule has 2 heterocycles. The summed E-state index contributed by atoms with van der Waals surface area (Å²) in [7, 11) is 0. The van der Waals surface area contributed by atoms with Gasteiger partial charge in [-0.15, -0.1) is 10.2 Å². The minimum absolute atomic E-state index is 0.658. The Labute approximate surface area is 135 Å². The normalized spacial score (nSPS) is 11.4. The van der Waals surface area contributed by atoms with Crippen LogP contribution in [0.3, 0.4) is 0 Å². The molecule has 4 rings (SSSR count). The van der Waals surface area contributed by atoms with Gasteiger partial charge in [-0.05, 0) is 49.4 Å². The number of halogens is 1. The van der Waals surface area contributed by atoms with E-state index in [1.807, 2.05) is 49.4 Å². The summed E-state index contributed by atoms with van der Waals surface area (Å²) in [6.45, 7) is 2.64. The first-order chi connectivity index (χ1) is 10.8. The van der Waals surface area contributed by atoms with Crippen LogP contribution < -0.4 is 4.74 Å². The van der Waals surface area contributed by atoms with Crippen molar-refractivity contribution in [3.05, 3.63) is 47.5 Å². The van der Waals surface area contributed by atoms with Crippen molar-refractivity contribution in [1.82, 2.24) is 14.6 Å². The third-order valence-electron chi connectivity index (χ3n) is 3.42. The Balaban J connectivity index is 1.93. The van der Waals surface area contributed by atoms with Crippen molar-refractivity contribution in [2.75, 3.05) is 6.61 Å². The molecule has 0 unspecified atom stereocenters. The highest BCUT2D eigenvalue weighted by Gasteiger charge is 2.14. The van der Waals surface area contributed by atoms with Gasteiger partial charge in [0.05, 0.1) is 16.8 Å². The Hall–Kier alpha value is -2.11. The molecular weight excluding hydrogens is 318 g/mol. The van der Waals surface area contributed by atoms with Crippen LogP contribution in [0.4, 0.5) is 0 Å². The maximum Gasteiger partial charge on any atom is 0.217 e. The molecule has 0 saturated heterocycles. The van der Waals surface area contributed by atoms with Gasteiger partial charge in [0.1, 0.15) is 5.75 Å². The van der Waals surface area contributed by atoms with Gasteiger partial charge in [0, 0.05) is 10.6 Å². The van der Waals surface area contributed by atoms with E-state index in [9.17, 15) is 0 Å². The second-order valence-electron chi connectivity index (χ2n) is 4.81. The molecule has 0 aliphatic rings. The van der Waals surface area contributed by atoms with E-state index in [0.717, 1.165) is 32.3 Å². The summed E-state index contributed by atoms with van der Waals surface area (Å²) >= 11 is 7.56. The summed E-state index contributed by atoms with van der Waals surface area (Å²) in [6.07, 6.45) is 0. The number of fused-ring (bicyclic) bond motifs is 3. The van der Waals surface area contributed by atoms with Gasteiger partial charge < -0.3 is 4.74 Å². The fraction of sp³-hybridized carbons (Fsp3) is 0.125. The number of hydrogen-bond acceptors (Lipinski definition) is 4. The number of thiazole rings is 1. The van der Waals surface area contributed by atoms with E-state index in [1.54, 1.807) is 11.3 Å². The highest BCUT2D eigenvalue weighted by molar-refractivity contribution is 7.23. The molecule has 22 heavy (non-hydrogen) atoms. The largest absolute Gasteiger partial charge is 0.494 e. The van der Waals surface area contributed by atoms with Crippen LogP contribution in [-0.2, 0) is 0 Å². The van der Waals surface area contributed by atoms with Crippen LogP contribution in [0.5, 0.6) is 5.75 Å². The van der Waals surface area contributed by atoms with Gasteiger partial charge in [-0.2, -0.15) is 0 Å². The van der Waals surface area contributed by atoms with Gasteiger partial charge in [-0.1, -0.05) is 22.9 Å². The van der Waals surface area contributed by atoms with E-state index < -0.39 is 0 Å². The Bertz CT molecular complexity index is 959. The van der Waals surface area contributed by atoms with Gasteiger partial charge in [0.2, 0.25) is 4.96 Å². The van der Waals surface area contributed by atoms with Gasteiger partial charge in [0.25, 0.3) is 0 Å². The number of aromatic nitrogens is 3. The average molecular weight is 330 g/mol. The van der Waals surface area contributed by atoms with Crippen LogP contribution in [0.25, 0.3) is 26.6 Å². The Morgan fingerprint density at radius 2 is 1.95 bits per heavy atom. The number of benzene rings is 2. The Kier molecular flexibility index (Phi) is 3.24. The molecule has 0 atom stereocenters. The van der Waals surface area contributed by atoms with Crippen LogP contribution in [-0.4, -0.2) is 21.2 Å². The first-order valence-electron chi connectivity index (χ1n) is 6.92. The van der Waals surface area contributed by atoms with E-state index in [-0.39, 0.29) is 0 Å². The lowest BCUT2D eigenvalue weighted by atomic mass is 10.2. The zero-order valence-electron chi connectivity index (χ0n) is 11.8. The summed E-state index contributed by atoms with van der Waals surface area (Å²) in [5.41, 5.74) is 2.07. The van der Waals surface area contributed by atoms with Crippen molar-refractivity contribution in [2.24, 2.45) is 0 Å². The minimum Gasteiger partial charge on any atom is -0.494 e. The lowest BCUT2D eigenvalue weighted by molar-refractivity contribution is 0.341. The number of rotatable bonds is 3. The molecule has 4 nitrogen and oxygen atoms in total. The number of hydrogen-bond donors (Lipinski definition) is 0. The van der Waals surface area contributed by atoms with E-state index >= 15 is 0 Å². The van der Waals surface area contributed by atoms with Crippen molar-refractivity contribution < 1.29 is 4.74 Å². The predicted molar refractivity (Wildman–Crippen MR) is 90.0 cm³/mol. The van der Waals surface area contributed by atoms with Gasteiger partial charge in [-0.25, -0.2) is 0 Å². The van der Waals surface area contributed by atoms with Crippen molar-refractivity contribution in [1.29, 1.82) is 0 Å². The lowest BCUT2D eigenvalue weighted by Crippen LogP contribution is -1.91. The van der Waals surface area contributed by atoms with E-state index in [4.69, 9.17) is 16.3 Å². The van der Waals surface area contributed by atoms with Crippen molar-refractivity contribution in [3.63, 3.8) is 0 Å². The summed E-state index contributed by atoms with van der Waals surface area (Å²) < 4.78 is 8.76. The van der Waals surface area contributed by atoms with Gasteiger partial charge in [0.15, 0.2) is 5.82 Å². The molecule has 0 amide bonds. The molecule has 4 aromatic rings. The van der Waals surface area contributed by atoms with Crippen LogP contribution >= 0.6 is 22.9 Å². The third-order valence-corrected chi connectivity index (χ3v) is 4.67. The average Bonchev–Trinajstić information content (AvgIpc) is 3.07. The topological polar surface area (TPSA) is 39.4 Å².